The van der Waals surface area contributed by atoms with Gasteiger partial charge in [0.1, 0.15) is 0 Å². The number of thiazole rings is 1. The Kier molecular flexibility index (Phi) is 4.41. The van der Waals surface area contributed by atoms with Gasteiger partial charge in [-0.05, 0) is 43.5 Å². The molecular weight excluding hydrogens is 320 g/mol. The SMILES string of the molecule is CCn1c(=NC(=O)c2cc(C)n(C)n2)sc2cc(C(C)C)ccc21. The molecule has 0 saturated heterocycles. The fraction of sp³-hybridized carbons (Fsp3) is 0.389. The van der Waals surface area contributed by atoms with Gasteiger partial charge in [0, 0.05) is 19.3 Å². The number of rotatable bonds is 3. The first kappa shape index (κ1) is 16.6. The van der Waals surface area contributed by atoms with Crippen LogP contribution in [0.1, 0.15) is 48.4 Å². The summed E-state index contributed by atoms with van der Waals surface area (Å²) in [6, 6.07) is 8.25. The van der Waals surface area contributed by atoms with Gasteiger partial charge in [0.05, 0.1) is 10.2 Å². The van der Waals surface area contributed by atoms with Gasteiger partial charge in [0.25, 0.3) is 5.91 Å². The minimum Gasteiger partial charge on any atom is -0.317 e. The average Bonchev–Trinajstić information content (AvgIpc) is 3.06. The van der Waals surface area contributed by atoms with Crippen molar-refractivity contribution in [1.82, 2.24) is 14.3 Å². The Labute approximate surface area is 145 Å². The van der Waals surface area contributed by atoms with Crippen molar-refractivity contribution in [1.29, 1.82) is 0 Å². The molecular formula is C18H22N4OS. The number of amides is 1. The molecule has 3 rings (SSSR count). The second-order valence-electron chi connectivity index (χ2n) is 6.22. The first-order valence-corrected chi connectivity index (χ1v) is 8.95. The van der Waals surface area contributed by atoms with E-state index >= 15 is 0 Å². The zero-order chi connectivity index (χ0) is 17.4. The zero-order valence-corrected chi connectivity index (χ0v) is 15.5. The van der Waals surface area contributed by atoms with E-state index in [9.17, 15) is 4.79 Å². The van der Waals surface area contributed by atoms with Gasteiger partial charge in [0.2, 0.25) is 0 Å². The highest BCUT2D eigenvalue weighted by Gasteiger charge is 2.12. The summed E-state index contributed by atoms with van der Waals surface area (Å²) in [7, 11) is 1.82. The van der Waals surface area contributed by atoms with Gasteiger partial charge >= 0.3 is 0 Å². The van der Waals surface area contributed by atoms with Gasteiger partial charge in [-0.25, -0.2) is 0 Å². The number of nitrogens with zero attached hydrogens (tertiary/aromatic N) is 4. The van der Waals surface area contributed by atoms with E-state index in [0.717, 1.165) is 27.3 Å². The summed E-state index contributed by atoms with van der Waals surface area (Å²) >= 11 is 1.55. The highest BCUT2D eigenvalue weighted by atomic mass is 32.1. The maximum Gasteiger partial charge on any atom is 0.300 e. The maximum atomic E-state index is 12.5. The number of carbonyl (C=O) groups is 1. The number of benzene rings is 1. The third-order valence-electron chi connectivity index (χ3n) is 4.22. The van der Waals surface area contributed by atoms with Crippen molar-refractivity contribution in [2.45, 2.75) is 40.2 Å². The molecule has 0 saturated carbocycles. The molecule has 0 radical (unpaired) electrons. The van der Waals surface area contributed by atoms with E-state index in [1.807, 2.05) is 14.0 Å². The molecule has 24 heavy (non-hydrogen) atoms. The average molecular weight is 342 g/mol. The van der Waals surface area contributed by atoms with Gasteiger partial charge in [-0.2, -0.15) is 10.1 Å². The van der Waals surface area contributed by atoms with Crippen molar-refractivity contribution < 1.29 is 4.79 Å². The topological polar surface area (TPSA) is 52.2 Å². The molecule has 0 unspecified atom stereocenters. The quantitative estimate of drug-likeness (QED) is 0.730. The second kappa shape index (κ2) is 6.36. The minimum absolute atomic E-state index is 0.295. The van der Waals surface area contributed by atoms with Gasteiger partial charge in [-0.1, -0.05) is 31.3 Å². The Morgan fingerprint density at radius 1 is 1.33 bits per heavy atom. The molecule has 0 spiro atoms. The van der Waals surface area contributed by atoms with Gasteiger partial charge in [0.15, 0.2) is 10.5 Å². The Balaban J connectivity index is 2.12. The number of aryl methyl sites for hydroxylation is 3. The lowest BCUT2D eigenvalue weighted by Crippen LogP contribution is -2.16. The number of fused-ring (bicyclic) bond motifs is 1. The van der Waals surface area contributed by atoms with E-state index in [1.54, 1.807) is 22.1 Å². The van der Waals surface area contributed by atoms with Crippen LogP contribution in [0.2, 0.25) is 0 Å². The van der Waals surface area contributed by atoms with E-state index in [-0.39, 0.29) is 5.91 Å². The lowest BCUT2D eigenvalue weighted by molar-refractivity contribution is 0.0992. The van der Waals surface area contributed by atoms with Crippen molar-refractivity contribution in [3.63, 3.8) is 0 Å². The molecule has 6 heteroatoms. The van der Waals surface area contributed by atoms with Gasteiger partial charge in [-0.3, -0.25) is 9.48 Å². The predicted octanol–water partition coefficient (Wildman–Crippen LogP) is 3.63. The molecule has 2 aromatic heterocycles. The standard InChI is InChI=1S/C18H22N4OS/c1-6-22-15-8-7-13(11(2)3)10-16(15)24-18(22)19-17(23)14-9-12(4)21(5)20-14/h7-11H,6H2,1-5H3. The van der Waals surface area contributed by atoms with Crippen LogP contribution in [0, 0.1) is 6.92 Å². The van der Waals surface area contributed by atoms with E-state index in [2.05, 4.69) is 53.6 Å². The van der Waals surface area contributed by atoms with E-state index in [4.69, 9.17) is 0 Å². The van der Waals surface area contributed by atoms with Crippen molar-refractivity contribution >= 4 is 27.5 Å². The molecule has 0 N–H and O–H groups in total. The summed E-state index contributed by atoms with van der Waals surface area (Å²) in [5.74, 6) is 0.182. The second-order valence-corrected chi connectivity index (χ2v) is 7.23. The Morgan fingerprint density at radius 2 is 2.08 bits per heavy atom. The molecule has 1 amide bonds. The van der Waals surface area contributed by atoms with Crippen LogP contribution in [0.15, 0.2) is 29.3 Å². The first-order chi connectivity index (χ1) is 11.4. The van der Waals surface area contributed by atoms with Crippen LogP contribution in [0.4, 0.5) is 0 Å². The van der Waals surface area contributed by atoms with E-state index < -0.39 is 0 Å². The molecule has 126 valence electrons. The number of carbonyl (C=O) groups excluding carboxylic acids is 1. The number of aromatic nitrogens is 3. The summed E-state index contributed by atoms with van der Waals surface area (Å²) in [4.78, 5) is 17.5. The molecule has 3 aromatic rings. The largest absolute Gasteiger partial charge is 0.317 e. The van der Waals surface area contributed by atoms with Crippen LogP contribution in [-0.2, 0) is 13.6 Å². The minimum atomic E-state index is -0.295. The third kappa shape index (κ3) is 2.94. The Hall–Kier alpha value is -2.21. The predicted molar refractivity (Wildman–Crippen MR) is 97.4 cm³/mol. The smallest absolute Gasteiger partial charge is 0.300 e. The van der Waals surface area contributed by atoms with Gasteiger partial charge in [-0.15, -0.1) is 0 Å². The molecule has 0 aliphatic heterocycles. The van der Waals surface area contributed by atoms with Crippen LogP contribution in [0.25, 0.3) is 10.2 Å². The molecule has 0 fully saturated rings. The van der Waals surface area contributed by atoms with Crippen LogP contribution in [0.3, 0.4) is 0 Å². The van der Waals surface area contributed by atoms with Crippen molar-refractivity contribution in [3.05, 3.63) is 46.0 Å². The van der Waals surface area contributed by atoms with Crippen molar-refractivity contribution in [2.75, 3.05) is 0 Å². The lowest BCUT2D eigenvalue weighted by atomic mass is 10.0. The van der Waals surface area contributed by atoms with Crippen LogP contribution in [-0.4, -0.2) is 20.3 Å². The molecule has 0 aliphatic rings. The molecule has 1 aromatic carbocycles. The summed E-state index contributed by atoms with van der Waals surface area (Å²) in [6.07, 6.45) is 0. The van der Waals surface area contributed by atoms with Crippen LogP contribution in [0.5, 0.6) is 0 Å². The molecule has 2 heterocycles. The summed E-state index contributed by atoms with van der Waals surface area (Å²) < 4.78 is 4.93. The number of hydrogen-bond donors (Lipinski definition) is 0. The Morgan fingerprint density at radius 3 is 2.67 bits per heavy atom. The molecule has 0 bridgehead atoms. The van der Waals surface area contributed by atoms with Crippen molar-refractivity contribution in [2.24, 2.45) is 12.0 Å². The fourth-order valence-corrected chi connectivity index (χ4v) is 3.79. The summed E-state index contributed by atoms with van der Waals surface area (Å²) in [5, 5.41) is 4.22. The normalized spacial score (nSPS) is 12.5. The monoisotopic (exact) mass is 342 g/mol. The van der Waals surface area contributed by atoms with Crippen LogP contribution >= 0.6 is 11.3 Å². The molecule has 0 aliphatic carbocycles. The molecule has 5 nitrogen and oxygen atoms in total. The zero-order valence-electron chi connectivity index (χ0n) is 14.7. The molecule has 0 atom stereocenters. The Bertz CT molecular complexity index is 955. The highest BCUT2D eigenvalue weighted by molar-refractivity contribution is 7.16. The third-order valence-corrected chi connectivity index (χ3v) is 5.26. The van der Waals surface area contributed by atoms with Crippen LogP contribution < -0.4 is 4.80 Å². The van der Waals surface area contributed by atoms with Crippen molar-refractivity contribution in [3.8, 4) is 0 Å². The van der Waals surface area contributed by atoms with Gasteiger partial charge < -0.3 is 4.57 Å². The number of hydrogen-bond acceptors (Lipinski definition) is 3. The summed E-state index contributed by atoms with van der Waals surface area (Å²) in [5.41, 5.74) is 3.74. The van der Waals surface area contributed by atoms with E-state index in [0.29, 0.717) is 11.6 Å². The highest BCUT2D eigenvalue weighted by Crippen LogP contribution is 2.23. The lowest BCUT2D eigenvalue weighted by Gasteiger charge is -2.05. The fourth-order valence-electron chi connectivity index (χ4n) is 2.65. The summed E-state index contributed by atoms with van der Waals surface area (Å²) in [6.45, 7) is 9.12. The first-order valence-electron chi connectivity index (χ1n) is 8.13. The van der Waals surface area contributed by atoms with E-state index in [1.165, 1.54) is 5.56 Å². The maximum absolute atomic E-state index is 12.5.